The minimum absolute atomic E-state index is 0.321. The number of pyridine rings is 1. The lowest BCUT2D eigenvalue weighted by molar-refractivity contribution is 0.503. The van der Waals surface area contributed by atoms with Crippen molar-refractivity contribution < 1.29 is 4.42 Å². The third-order valence-electron chi connectivity index (χ3n) is 2.54. The van der Waals surface area contributed by atoms with Crippen molar-refractivity contribution in [3.05, 3.63) is 47.0 Å². The monoisotopic (exact) mass is 261 g/mol. The molecule has 0 N–H and O–H groups in total. The van der Waals surface area contributed by atoms with Crippen molar-refractivity contribution >= 4 is 17.4 Å². The van der Waals surface area contributed by atoms with Gasteiger partial charge in [-0.3, -0.25) is 0 Å². The second kappa shape index (κ2) is 5.56. The number of furan rings is 1. The number of rotatable bonds is 4. The molecule has 0 aromatic carbocycles. The molecule has 2 aromatic rings. The summed E-state index contributed by atoms with van der Waals surface area (Å²) in [7, 11) is 0. The van der Waals surface area contributed by atoms with Crippen LogP contribution in [0.1, 0.15) is 18.2 Å². The first-order valence-electron chi connectivity index (χ1n) is 5.58. The molecule has 2 aromatic heterocycles. The number of halogens is 1. The van der Waals surface area contributed by atoms with Crippen molar-refractivity contribution in [1.82, 2.24) is 4.98 Å². The highest BCUT2D eigenvalue weighted by Crippen LogP contribution is 2.19. The first-order valence-corrected chi connectivity index (χ1v) is 5.95. The van der Waals surface area contributed by atoms with Crippen molar-refractivity contribution in [3.63, 3.8) is 0 Å². The third-order valence-corrected chi connectivity index (χ3v) is 2.74. The minimum Gasteiger partial charge on any atom is -0.467 e. The zero-order valence-corrected chi connectivity index (χ0v) is 10.7. The van der Waals surface area contributed by atoms with Crippen molar-refractivity contribution in [1.29, 1.82) is 5.26 Å². The van der Waals surface area contributed by atoms with E-state index in [1.165, 1.54) is 0 Å². The molecule has 2 heterocycles. The van der Waals surface area contributed by atoms with E-state index in [-0.39, 0.29) is 0 Å². The molecule has 0 bridgehead atoms. The maximum Gasteiger partial charge on any atom is 0.132 e. The third kappa shape index (κ3) is 2.82. The molecule has 18 heavy (non-hydrogen) atoms. The Labute approximate surface area is 110 Å². The van der Waals surface area contributed by atoms with Crippen LogP contribution in [0.5, 0.6) is 0 Å². The summed E-state index contributed by atoms with van der Waals surface area (Å²) in [5.74, 6) is 1.52. The Balaban J connectivity index is 2.27. The second-order valence-electron chi connectivity index (χ2n) is 3.74. The average molecular weight is 262 g/mol. The summed E-state index contributed by atoms with van der Waals surface area (Å²) < 4.78 is 5.31. The lowest BCUT2D eigenvalue weighted by Crippen LogP contribution is -2.22. The van der Waals surface area contributed by atoms with E-state index in [2.05, 4.69) is 11.1 Å². The fourth-order valence-corrected chi connectivity index (χ4v) is 1.86. The maximum absolute atomic E-state index is 8.92. The fraction of sp³-hybridized carbons (Fsp3) is 0.231. The Bertz CT molecular complexity index is 560. The molecule has 0 amide bonds. The summed E-state index contributed by atoms with van der Waals surface area (Å²) >= 11 is 5.90. The van der Waals surface area contributed by atoms with E-state index in [9.17, 15) is 0 Å². The van der Waals surface area contributed by atoms with E-state index >= 15 is 0 Å². The molecule has 92 valence electrons. The zero-order valence-electron chi connectivity index (χ0n) is 9.93. The smallest absolute Gasteiger partial charge is 0.132 e. The van der Waals surface area contributed by atoms with Crippen LogP contribution in [0.25, 0.3) is 0 Å². The summed E-state index contributed by atoms with van der Waals surface area (Å²) in [4.78, 5) is 6.22. The van der Waals surface area contributed by atoms with Crippen LogP contribution in [0.3, 0.4) is 0 Å². The molecule has 0 saturated carbocycles. The number of nitriles is 1. The van der Waals surface area contributed by atoms with Gasteiger partial charge >= 0.3 is 0 Å². The largest absolute Gasteiger partial charge is 0.467 e. The van der Waals surface area contributed by atoms with E-state index < -0.39 is 0 Å². The van der Waals surface area contributed by atoms with Gasteiger partial charge in [0.15, 0.2) is 0 Å². The highest BCUT2D eigenvalue weighted by Gasteiger charge is 2.10. The van der Waals surface area contributed by atoms with Crippen LogP contribution in [0.15, 0.2) is 34.9 Å². The molecular weight excluding hydrogens is 250 g/mol. The first kappa shape index (κ1) is 12.5. The first-order chi connectivity index (χ1) is 8.72. The normalized spacial score (nSPS) is 10.1. The molecule has 0 unspecified atom stereocenters. The van der Waals surface area contributed by atoms with Crippen LogP contribution in [0.4, 0.5) is 5.82 Å². The predicted octanol–water partition coefficient (Wildman–Crippen LogP) is 3.23. The standard InChI is InChI=1S/C13H12ClN3O/c1-2-17(9-11-4-3-5-18-11)13-7-10(8-15)6-12(14)16-13/h3-7H,2,9H2,1H3. The predicted molar refractivity (Wildman–Crippen MR) is 69.4 cm³/mol. The zero-order chi connectivity index (χ0) is 13.0. The van der Waals surface area contributed by atoms with Gasteiger partial charge < -0.3 is 9.32 Å². The fourth-order valence-electron chi connectivity index (χ4n) is 1.66. The molecule has 0 fully saturated rings. The van der Waals surface area contributed by atoms with Crippen LogP contribution in [-0.4, -0.2) is 11.5 Å². The van der Waals surface area contributed by atoms with Crippen molar-refractivity contribution in [2.24, 2.45) is 0 Å². The van der Waals surface area contributed by atoms with Crippen LogP contribution < -0.4 is 4.90 Å². The quantitative estimate of drug-likeness (QED) is 0.793. The van der Waals surface area contributed by atoms with Gasteiger partial charge in [0, 0.05) is 6.54 Å². The van der Waals surface area contributed by atoms with Gasteiger partial charge in [0.05, 0.1) is 24.4 Å². The second-order valence-corrected chi connectivity index (χ2v) is 4.13. The summed E-state index contributed by atoms with van der Waals surface area (Å²) in [6.07, 6.45) is 1.63. The van der Waals surface area contributed by atoms with Gasteiger partial charge in [-0.15, -0.1) is 0 Å². The van der Waals surface area contributed by atoms with Gasteiger partial charge in [-0.05, 0) is 31.2 Å². The SMILES string of the molecule is CCN(Cc1ccco1)c1cc(C#N)cc(Cl)n1. The molecular formula is C13H12ClN3O. The molecule has 0 spiro atoms. The number of aromatic nitrogens is 1. The van der Waals surface area contributed by atoms with Gasteiger partial charge in [0.2, 0.25) is 0 Å². The summed E-state index contributed by atoms with van der Waals surface area (Å²) in [5, 5.41) is 9.25. The summed E-state index contributed by atoms with van der Waals surface area (Å²) in [6, 6.07) is 9.08. The summed E-state index contributed by atoms with van der Waals surface area (Å²) in [5.41, 5.74) is 0.503. The maximum atomic E-state index is 8.92. The topological polar surface area (TPSA) is 53.1 Å². The molecule has 4 nitrogen and oxygen atoms in total. The van der Waals surface area contributed by atoms with Gasteiger partial charge in [-0.25, -0.2) is 4.98 Å². The molecule has 0 aliphatic heterocycles. The molecule has 2 rings (SSSR count). The molecule has 0 radical (unpaired) electrons. The van der Waals surface area contributed by atoms with E-state index in [0.29, 0.717) is 23.1 Å². The lowest BCUT2D eigenvalue weighted by atomic mass is 10.2. The summed E-state index contributed by atoms with van der Waals surface area (Å²) in [6.45, 7) is 3.36. The van der Waals surface area contributed by atoms with Crippen LogP contribution in [0, 0.1) is 11.3 Å². The highest BCUT2D eigenvalue weighted by molar-refractivity contribution is 6.29. The van der Waals surface area contributed by atoms with Crippen LogP contribution >= 0.6 is 11.6 Å². The van der Waals surface area contributed by atoms with E-state index in [1.807, 2.05) is 24.0 Å². The number of hydrogen-bond acceptors (Lipinski definition) is 4. The Morgan fingerprint density at radius 2 is 2.33 bits per heavy atom. The van der Waals surface area contributed by atoms with Crippen molar-refractivity contribution in [3.8, 4) is 6.07 Å². The van der Waals surface area contributed by atoms with Gasteiger partial charge in [0.1, 0.15) is 16.7 Å². The van der Waals surface area contributed by atoms with Crippen LogP contribution in [-0.2, 0) is 6.54 Å². The Hall–Kier alpha value is -1.99. The van der Waals surface area contributed by atoms with Crippen LogP contribution in [0.2, 0.25) is 5.15 Å². The minimum atomic E-state index is 0.321. The number of hydrogen-bond donors (Lipinski definition) is 0. The van der Waals surface area contributed by atoms with Gasteiger partial charge in [0.25, 0.3) is 0 Å². The van der Waals surface area contributed by atoms with Crippen molar-refractivity contribution in [2.75, 3.05) is 11.4 Å². The van der Waals surface area contributed by atoms with Crippen molar-refractivity contribution in [2.45, 2.75) is 13.5 Å². The highest BCUT2D eigenvalue weighted by atomic mass is 35.5. The Morgan fingerprint density at radius 1 is 1.50 bits per heavy atom. The van der Waals surface area contributed by atoms with Gasteiger partial charge in [-0.2, -0.15) is 5.26 Å². The van der Waals surface area contributed by atoms with E-state index in [4.69, 9.17) is 21.3 Å². The van der Waals surface area contributed by atoms with E-state index in [1.54, 1.807) is 18.4 Å². The molecule has 0 saturated heterocycles. The van der Waals surface area contributed by atoms with Gasteiger partial charge in [-0.1, -0.05) is 11.6 Å². The molecule has 0 atom stereocenters. The Morgan fingerprint density at radius 3 is 2.94 bits per heavy atom. The number of nitrogens with zero attached hydrogens (tertiary/aromatic N) is 3. The molecule has 5 heteroatoms. The van der Waals surface area contributed by atoms with E-state index in [0.717, 1.165) is 12.3 Å². The number of anilines is 1. The molecule has 0 aliphatic rings. The molecule has 0 aliphatic carbocycles. The Kier molecular flexibility index (Phi) is 3.85. The lowest BCUT2D eigenvalue weighted by Gasteiger charge is -2.20. The average Bonchev–Trinajstić information content (AvgIpc) is 2.88.